The molecule has 0 spiro atoms. The van der Waals surface area contributed by atoms with E-state index in [4.69, 9.17) is 14.9 Å². The Hall–Kier alpha value is -1.14. The Kier molecular flexibility index (Phi) is 6.67. The van der Waals surface area contributed by atoms with E-state index in [1.165, 1.54) is 13.8 Å². The molecule has 0 heterocycles. The van der Waals surface area contributed by atoms with Crippen LogP contribution in [0.3, 0.4) is 0 Å². The van der Waals surface area contributed by atoms with Crippen molar-refractivity contribution in [2.24, 2.45) is 0 Å². The van der Waals surface area contributed by atoms with Crippen LogP contribution < -0.4 is 0 Å². The Morgan fingerprint density at radius 1 is 1.06 bits per heavy atom. The van der Waals surface area contributed by atoms with E-state index >= 15 is 0 Å². The van der Waals surface area contributed by atoms with Crippen LogP contribution in [-0.4, -0.2) is 47.1 Å². The highest BCUT2D eigenvalue weighted by Crippen LogP contribution is 2.01. The highest BCUT2D eigenvalue weighted by molar-refractivity contribution is 5.74. The maximum atomic E-state index is 10.9. The minimum atomic E-state index is -1.16. The van der Waals surface area contributed by atoms with E-state index in [-0.39, 0.29) is 6.61 Å². The van der Waals surface area contributed by atoms with Crippen molar-refractivity contribution in [3.05, 3.63) is 0 Å². The van der Waals surface area contributed by atoms with Gasteiger partial charge in [0, 0.05) is 6.42 Å². The summed E-state index contributed by atoms with van der Waals surface area (Å²) in [6.07, 6.45) is -2.46. The summed E-state index contributed by atoms with van der Waals surface area (Å²) in [6, 6.07) is 0. The van der Waals surface area contributed by atoms with Crippen LogP contribution in [-0.2, 0) is 19.1 Å². The fourth-order valence-electron chi connectivity index (χ4n) is 0.802. The first-order valence-corrected chi connectivity index (χ1v) is 5.07. The van der Waals surface area contributed by atoms with E-state index in [9.17, 15) is 9.59 Å². The SMILES string of the molecule is C[C@H](O)C(=O)O[C@@H](C)CCOC(=O)[C@@H](C)O. The van der Waals surface area contributed by atoms with Crippen molar-refractivity contribution in [1.29, 1.82) is 0 Å². The summed E-state index contributed by atoms with van der Waals surface area (Å²) in [7, 11) is 0. The van der Waals surface area contributed by atoms with Crippen LogP contribution in [0.1, 0.15) is 27.2 Å². The summed E-state index contributed by atoms with van der Waals surface area (Å²) >= 11 is 0. The van der Waals surface area contributed by atoms with Crippen LogP contribution in [0.15, 0.2) is 0 Å². The Morgan fingerprint density at radius 2 is 1.56 bits per heavy atom. The smallest absolute Gasteiger partial charge is 0.334 e. The summed E-state index contributed by atoms with van der Waals surface area (Å²) in [4.78, 5) is 21.8. The van der Waals surface area contributed by atoms with E-state index in [0.29, 0.717) is 6.42 Å². The van der Waals surface area contributed by atoms with Crippen molar-refractivity contribution in [2.75, 3.05) is 6.61 Å². The fourth-order valence-corrected chi connectivity index (χ4v) is 0.802. The van der Waals surface area contributed by atoms with Gasteiger partial charge in [-0.1, -0.05) is 0 Å². The molecule has 94 valence electrons. The molecule has 0 aliphatic rings. The van der Waals surface area contributed by atoms with Crippen LogP contribution in [0.5, 0.6) is 0 Å². The van der Waals surface area contributed by atoms with Gasteiger partial charge in [-0.3, -0.25) is 0 Å². The molecule has 0 aromatic rings. The van der Waals surface area contributed by atoms with Crippen molar-refractivity contribution in [3.63, 3.8) is 0 Å². The van der Waals surface area contributed by atoms with Gasteiger partial charge >= 0.3 is 11.9 Å². The predicted molar refractivity (Wildman–Crippen MR) is 54.5 cm³/mol. The van der Waals surface area contributed by atoms with E-state index in [2.05, 4.69) is 4.74 Å². The molecule has 0 amide bonds. The zero-order valence-corrected chi connectivity index (χ0v) is 9.67. The van der Waals surface area contributed by atoms with E-state index in [1.807, 2.05) is 0 Å². The van der Waals surface area contributed by atoms with Crippen LogP contribution in [0.25, 0.3) is 0 Å². The van der Waals surface area contributed by atoms with Gasteiger partial charge in [-0.25, -0.2) is 9.59 Å². The second kappa shape index (κ2) is 7.19. The number of ether oxygens (including phenoxy) is 2. The lowest BCUT2D eigenvalue weighted by atomic mass is 10.3. The van der Waals surface area contributed by atoms with Gasteiger partial charge < -0.3 is 19.7 Å². The quantitative estimate of drug-likeness (QED) is 0.608. The Morgan fingerprint density at radius 3 is 2.00 bits per heavy atom. The summed E-state index contributed by atoms with van der Waals surface area (Å²) in [5.41, 5.74) is 0. The van der Waals surface area contributed by atoms with Crippen LogP contribution in [0, 0.1) is 0 Å². The van der Waals surface area contributed by atoms with E-state index < -0.39 is 30.3 Å². The van der Waals surface area contributed by atoms with Gasteiger partial charge in [0.15, 0.2) is 0 Å². The number of hydrogen-bond acceptors (Lipinski definition) is 6. The van der Waals surface area contributed by atoms with Gasteiger partial charge in [-0.15, -0.1) is 0 Å². The third kappa shape index (κ3) is 6.36. The van der Waals surface area contributed by atoms with Crippen molar-refractivity contribution in [2.45, 2.75) is 45.5 Å². The van der Waals surface area contributed by atoms with Crippen molar-refractivity contribution in [3.8, 4) is 0 Å². The first-order chi connectivity index (χ1) is 7.34. The van der Waals surface area contributed by atoms with Crippen LogP contribution >= 0.6 is 0 Å². The summed E-state index contributed by atoms with van der Waals surface area (Å²) in [5.74, 6) is -1.43. The minimum Gasteiger partial charge on any atom is -0.464 e. The molecule has 0 aliphatic heterocycles. The number of hydrogen-bond donors (Lipinski definition) is 2. The third-order valence-electron chi connectivity index (χ3n) is 1.77. The van der Waals surface area contributed by atoms with E-state index in [0.717, 1.165) is 0 Å². The lowest BCUT2D eigenvalue weighted by Crippen LogP contribution is -2.26. The molecule has 16 heavy (non-hydrogen) atoms. The number of carbonyl (C=O) groups is 2. The molecule has 0 aliphatic carbocycles. The van der Waals surface area contributed by atoms with Crippen molar-refractivity contribution >= 4 is 11.9 Å². The molecule has 0 rings (SSSR count). The normalized spacial score (nSPS) is 16.1. The van der Waals surface area contributed by atoms with E-state index in [1.54, 1.807) is 6.92 Å². The molecule has 0 fully saturated rings. The number of aliphatic hydroxyl groups excluding tert-OH is 2. The highest BCUT2D eigenvalue weighted by atomic mass is 16.6. The second-order valence-electron chi connectivity index (χ2n) is 3.56. The molecule has 0 unspecified atom stereocenters. The average molecular weight is 234 g/mol. The molecule has 0 aromatic heterocycles. The van der Waals surface area contributed by atoms with Gasteiger partial charge in [0.25, 0.3) is 0 Å². The standard InChI is InChI=1S/C10H18O6/c1-6(16-10(14)8(3)12)4-5-15-9(13)7(2)11/h6-8,11-12H,4-5H2,1-3H3/t6-,7+,8-/m0/s1. The zero-order valence-electron chi connectivity index (χ0n) is 9.67. The maximum absolute atomic E-state index is 10.9. The number of esters is 2. The molecule has 0 saturated heterocycles. The Balaban J connectivity index is 3.70. The molecular weight excluding hydrogens is 216 g/mol. The first-order valence-electron chi connectivity index (χ1n) is 5.07. The van der Waals surface area contributed by atoms with Gasteiger partial charge in [-0.05, 0) is 20.8 Å². The molecule has 2 N–H and O–H groups in total. The summed E-state index contributed by atoms with van der Waals surface area (Å²) < 4.78 is 9.48. The molecule has 6 heteroatoms. The summed E-state index contributed by atoms with van der Waals surface area (Å²) in [6.45, 7) is 4.29. The molecule has 6 nitrogen and oxygen atoms in total. The minimum absolute atomic E-state index is 0.0536. The molecule has 0 saturated carbocycles. The Labute approximate surface area is 94.2 Å². The van der Waals surface area contributed by atoms with Crippen LogP contribution in [0.2, 0.25) is 0 Å². The first kappa shape index (κ1) is 14.9. The van der Waals surface area contributed by atoms with Gasteiger partial charge in [-0.2, -0.15) is 0 Å². The highest BCUT2D eigenvalue weighted by Gasteiger charge is 2.15. The van der Waals surface area contributed by atoms with Crippen molar-refractivity contribution < 1.29 is 29.3 Å². The largest absolute Gasteiger partial charge is 0.464 e. The maximum Gasteiger partial charge on any atom is 0.334 e. The second-order valence-corrected chi connectivity index (χ2v) is 3.56. The summed E-state index contributed by atoms with van der Waals surface area (Å²) in [5, 5.41) is 17.7. The van der Waals surface area contributed by atoms with Gasteiger partial charge in [0.05, 0.1) is 6.61 Å². The average Bonchev–Trinajstić information content (AvgIpc) is 2.16. The third-order valence-corrected chi connectivity index (χ3v) is 1.77. The van der Waals surface area contributed by atoms with Crippen molar-refractivity contribution in [1.82, 2.24) is 0 Å². The number of aliphatic hydroxyl groups is 2. The molecule has 0 bridgehead atoms. The monoisotopic (exact) mass is 234 g/mol. The van der Waals surface area contributed by atoms with Gasteiger partial charge in [0.2, 0.25) is 0 Å². The lowest BCUT2D eigenvalue weighted by Gasteiger charge is -2.14. The lowest BCUT2D eigenvalue weighted by molar-refractivity contribution is -0.159. The molecule has 3 atom stereocenters. The zero-order chi connectivity index (χ0) is 12.7. The molecule has 0 radical (unpaired) electrons. The Bertz CT molecular complexity index is 235. The topological polar surface area (TPSA) is 93.1 Å². The van der Waals surface area contributed by atoms with Crippen LogP contribution in [0.4, 0.5) is 0 Å². The molecule has 0 aromatic carbocycles. The number of rotatable bonds is 6. The molecular formula is C10H18O6. The van der Waals surface area contributed by atoms with Gasteiger partial charge in [0.1, 0.15) is 18.3 Å². The predicted octanol–water partition coefficient (Wildman–Crippen LogP) is -0.387. The number of carbonyl (C=O) groups excluding carboxylic acids is 2. The fraction of sp³-hybridized carbons (Fsp3) is 0.800.